The van der Waals surface area contributed by atoms with Gasteiger partial charge in [-0.05, 0) is 48.4 Å². The zero-order valence-electron chi connectivity index (χ0n) is 16.3. The summed E-state index contributed by atoms with van der Waals surface area (Å²) in [5, 5.41) is 9.69. The fourth-order valence-electron chi connectivity index (χ4n) is 3.33. The number of nitriles is 1. The number of aryl methyl sites for hydroxylation is 1. The minimum Gasteiger partial charge on any atom is -0.480 e. The van der Waals surface area contributed by atoms with E-state index in [2.05, 4.69) is 0 Å². The molecule has 0 spiro atoms. The number of fused-ring (bicyclic) bond motifs is 1. The van der Waals surface area contributed by atoms with Gasteiger partial charge in [0.15, 0.2) is 0 Å². The molecule has 0 bridgehead atoms. The monoisotopic (exact) mass is 413 g/mol. The van der Waals surface area contributed by atoms with Gasteiger partial charge in [-0.25, -0.2) is 8.42 Å². The standard InChI is InChI=1S/C25H19NO3S/c1-18-11-13-22(14-12-18)30(27,28)23(17-26)16-21-15-20-9-5-6-10-24(20)29-25(21)19-7-3-2-4-8-19/h2-16,25H,1H3/b23-16+. The summed E-state index contributed by atoms with van der Waals surface area (Å²) in [4.78, 5) is -0.226. The van der Waals surface area contributed by atoms with Crippen LogP contribution in [0.3, 0.4) is 0 Å². The lowest BCUT2D eigenvalue weighted by atomic mass is 9.96. The van der Waals surface area contributed by atoms with Crippen molar-refractivity contribution in [3.63, 3.8) is 0 Å². The molecular formula is C25H19NO3S. The molecule has 0 saturated carbocycles. The van der Waals surface area contributed by atoms with Gasteiger partial charge in [0.05, 0.1) is 4.90 Å². The molecule has 0 amide bonds. The predicted molar refractivity (Wildman–Crippen MR) is 116 cm³/mol. The first-order chi connectivity index (χ1) is 14.5. The maximum Gasteiger partial charge on any atom is 0.216 e. The second-order valence-electron chi connectivity index (χ2n) is 7.03. The Morgan fingerprint density at radius 3 is 2.33 bits per heavy atom. The molecule has 1 atom stereocenters. The van der Waals surface area contributed by atoms with Crippen LogP contribution < -0.4 is 4.74 Å². The van der Waals surface area contributed by atoms with E-state index in [1.165, 1.54) is 18.2 Å². The van der Waals surface area contributed by atoms with Crippen molar-refractivity contribution in [2.24, 2.45) is 0 Å². The Kier molecular flexibility index (Phi) is 5.26. The Labute approximate surface area is 176 Å². The van der Waals surface area contributed by atoms with Gasteiger partial charge in [-0.3, -0.25) is 0 Å². The number of rotatable bonds is 4. The van der Waals surface area contributed by atoms with Gasteiger partial charge in [0, 0.05) is 5.56 Å². The lowest BCUT2D eigenvalue weighted by Gasteiger charge is -2.26. The third kappa shape index (κ3) is 3.78. The van der Waals surface area contributed by atoms with Crippen LogP contribution in [-0.2, 0) is 9.84 Å². The molecule has 1 aliphatic heterocycles. The van der Waals surface area contributed by atoms with Gasteiger partial charge in [0.25, 0.3) is 0 Å². The van der Waals surface area contributed by atoms with Gasteiger partial charge in [0.1, 0.15) is 22.8 Å². The maximum absolute atomic E-state index is 13.1. The summed E-state index contributed by atoms with van der Waals surface area (Å²) in [5.41, 5.74) is 3.26. The van der Waals surface area contributed by atoms with Crippen LogP contribution in [0, 0.1) is 18.3 Å². The molecule has 0 saturated heterocycles. The Hall–Kier alpha value is -3.62. The topological polar surface area (TPSA) is 67.2 Å². The van der Waals surface area contributed by atoms with Gasteiger partial charge in [-0.2, -0.15) is 5.26 Å². The van der Waals surface area contributed by atoms with Crippen molar-refractivity contribution in [2.75, 3.05) is 0 Å². The van der Waals surface area contributed by atoms with Crippen molar-refractivity contribution in [1.82, 2.24) is 0 Å². The largest absolute Gasteiger partial charge is 0.480 e. The van der Waals surface area contributed by atoms with Crippen LogP contribution in [0.1, 0.15) is 22.8 Å². The molecule has 0 radical (unpaired) electrons. The first kappa shape index (κ1) is 19.7. The first-order valence-electron chi connectivity index (χ1n) is 9.45. The third-order valence-electron chi connectivity index (χ3n) is 4.92. The highest BCUT2D eigenvalue weighted by Crippen LogP contribution is 2.38. The molecule has 0 aromatic heterocycles. The summed E-state index contributed by atoms with van der Waals surface area (Å²) in [5.74, 6) is 0.711. The molecular weight excluding hydrogens is 394 g/mol. The van der Waals surface area contributed by atoms with Crippen LogP contribution in [0.25, 0.3) is 6.08 Å². The van der Waals surface area contributed by atoms with Gasteiger partial charge in [0.2, 0.25) is 9.84 Å². The quantitative estimate of drug-likeness (QED) is 0.538. The van der Waals surface area contributed by atoms with Crippen LogP contribution in [0.4, 0.5) is 0 Å². The summed E-state index contributed by atoms with van der Waals surface area (Å²) in [6.07, 6.45) is 2.78. The number of nitrogens with zero attached hydrogens (tertiary/aromatic N) is 1. The lowest BCUT2D eigenvalue weighted by Crippen LogP contribution is -2.15. The molecule has 1 unspecified atom stereocenters. The first-order valence-corrected chi connectivity index (χ1v) is 10.9. The summed E-state index contributed by atoms with van der Waals surface area (Å²) in [7, 11) is -3.95. The van der Waals surface area contributed by atoms with Crippen LogP contribution in [-0.4, -0.2) is 8.42 Å². The van der Waals surface area contributed by atoms with E-state index in [-0.39, 0.29) is 9.80 Å². The molecule has 0 aliphatic carbocycles. The van der Waals surface area contributed by atoms with E-state index in [0.717, 1.165) is 16.7 Å². The molecule has 4 nitrogen and oxygen atoms in total. The molecule has 1 heterocycles. The van der Waals surface area contributed by atoms with Crippen molar-refractivity contribution in [3.05, 3.63) is 112 Å². The minimum atomic E-state index is -3.95. The van der Waals surface area contributed by atoms with Crippen LogP contribution in [0.5, 0.6) is 5.75 Å². The molecule has 4 rings (SSSR count). The van der Waals surface area contributed by atoms with Crippen molar-refractivity contribution < 1.29 is 13.2 Å². The second-order valence-corrected chi connectivity index (χ2v) is 8.95. The Bertz CT molecular complexity index is 1280. The van der Waals surface area contributed by atoms with Gasteiger partial charge < -0.3 is 4.74 Å². The summed E-state index contributed by atoms with van der Waals surface area (Å²) in [6, 6.07) is 25.4. The zero-order valence-corrected chi connectivity index (χ0v) is 17.1. The molecule has 3 aromatic rings. The predicted octanol–water partition coefficient (Wildman–Crippen LogP) is 5.39. The highest BCUT2D eigenvalue weighted by atomic mass is 32.2. The number of benzene rings is 3. The minimum absolute atomic E-state index is 0.0925. The second kappa shape index (κ2) is 8.02. The van der Waals surface area contributed by atoms with E-state index < -0.39 is 15.9 Å². The number of para-hydroxylation sites is 1. The van der Waals surface area contributed by atoms with Crippen LogP contribution in [0.15, 0.2) is 100 Å². The third-order valence-corrected chi connectivity index (χ3v) is 6.60. The lowest BCUT2D eigenvalue weighted by molar-refractivity contribution is 0.243. The van der Waals surface area contributed by atoms with Crippen molar-refractivity contribution in [1.29, 1.82) is 5.26 Å². The summed E-state index contributed by atoms with van der Waals surface area (Å²) < 4.78 is 32.3. The van der Waals surface area contributed by atoms with Crippen LogP contribution in [0.2, 0.25) is 0 Å². The van der Waals surface area contributed by atoms with E-state index >= 15 is 0 Å². The van der Waals surface area contributed by atoms with Crippen molar-refractivity contribution >= 4 is 15.9 Å². The van der Waals surface area contributed by atoms with Gasteiger partial charge in [-0.15, -0.1) is 0 Å². The number of sulfone groups is 1. The average Bonchev–Trinajstić information content (AvgIpc) is 2.77. The van der Waals surface area contributed by atoms with E-state index in [0.29, 0.717) is 11.3 Å². The molecule has 0 N–H and O–H groups in total. The molecule has 1 aliphatic rings. The SMILES string of the molecule is Cc1ccc(S(=O)(=O)/C(C#N)=C/C2=Cc3ccccc3OC2c2ccccc2)cc1. The zero-order chi connectivity index (χ0) is 21.1. The van der Waals surface area contributed by atoms with Crippen molar-refractivity contribution in [2.45, 2.75) is 17.9 Å². The van der Waals surface area contributed by atoms with E-state index in [9.17, 15) is 13.7 Å². The van der Waals surface area contributed by atoms with Crippen molar-refractivity contribution in [3.8, 4) is 11.8 Å². The average molecular weight is 413 g/mol. The van der Waals surface area contributed by atoms with E-state index in [1.54, 1.807) is 12.1 Å². The van der Waals surface area contributed by atoms with Gasteiger partial charge in [-0.1, -0.05) is 66.2 Å². The molecule has 30 heavy (non-hydrogen) atoms. The smallest absolute Gasteiger partial charge is 0.216 e. The highest BCUT2D eigenvalue weighted by Gasteiger charge is 2.27. The molecule has 3 aromatic carbocycles. The number of hydrogen-bond acceptors (Lipinski definition) is 4. The molecule has 5 heteroatoms. The Morgan fingerprint density at radius 1 is 0.967 bits per heavy atom. The van der Waals surface area contributed by atoms with E-state index in [4.69, 9.17) is 4.74 Å². The number of ether oxygens (including phenoxy) is 1. The van der Waals surface area contributed by atoms with E-state index in [1.807, 2.05) is 73.7 Å². The summed E-state index contributed by atoms with van der Waals surface area (Å²) in [6.45, 7) is 1.88. The fraction of sp³-hybridized carbons (Fsp3) is 0.0800. The Balaban J connectivity index is 1.84. The Morgan fingerprint density at radius 2 is 1.63 bits per heavy atom. The highest BCUT2D eigenvalue weighted by molar-refractivity contribution is 7.95. The number of allylic oxidation sites excluding steroid dienone is 1. The van der Waals surface area contributed by atoms with Gasteiger partial charge >= 0.3 is 0 Å². The normalized spacial score (nSPS) is 16.1. The number of hydrogen-bond donors (Lipinski definition) is 0. The molecule has 0 fully saturated rings. The maximum atomic E-state index is 13.1. The van der Waals surface area contributed by atoms with Crippen LogP contribution >= 0.6 is 0 Å². The molecule has 148 valence electrons. The summed E-state index contributed by atoms with van der Waals surface area (Å²) >= 11 is 0. The fourth-order valence-corrected chi connectivity index (χ4v) is 4.49.